The zero-order chi connectivity index (χ0) is 18.9. The van der Waals surface area contributed by atoms with Crippen LogP contribution in [0.4, 0.5) is 0 Å². The zero-order valence-corrected chi connectivity index (χ0v) is 16.1. The van der Waals surface area contributed by atoms with E-state index in [4.69, 9.17) is 4.74 Å². The van der Waals surface area contributed by atoms with Crippen molar-refractivity contribution < 1.29 is 9.53 Å². The molecule has 1 aromatic heterocycles. The SMILES string of the molecule is O=C1OC(CSc2ccccc2)Cc2cn(-c3ccccc3)c3cccc1c23. The topological polar surface area (TPSA) is 31.2 Å². The summed E-state index contributed by atoms with van der Waals surface area (Å²) in [5.74, 6) is 0.510. The van der Waals surface area contributed by atoms with E-state index in [0.717, 1.165) is 28.8 Å². The third-order valence-corrected chi connectivity index (χ3v) is 6.21. The Labute approximate surface area is 167 Å². The van der Waals surface area contributed by atoms with Crippen molar-refractivity contribution >= 4 is 28.6 Å². The number of cyclic esters (lactones) is 1. The second-order valence-corrected chi connectivity index (χ2v) is 8.01. The minimum Gasteiger partial charge on any atom is -0.458 e. The second kappa shape index (κ2) is 7.21. The summed E-state index contributed by atoms with van der Waals surface area (Å²) >= 11 is 1.73. The lowest BCUT2D eigenvalue weighted by Gasteiger charge is -2.15. The highest BCUT2D eigenvalue weighted by atomic mass is 32.2. The maximum atomic E-state index is 12.8. The van der Waals surface area contributed by atoms with Gasteiger partial charge in [-0.25, -0.2) is 4.79 Å². The zero-order valence-electron chi connectivity index (χ0n) is 15.2. The minimum absolute atomic E-state index is 0.153. The van der Waals surface area contributed by atoms with E-state index in [1.807, 2.05) is 48.5 Å². The Morgan fingerprint density at radius 1 is 0.929 bits per heavy atom. The number of hydrogen-bond donors (Lipinski definition) is 0. The molecule has 138 valence electrons. The van der Waals surface area contributed by atoms with Crippen molar-refractivity contribution in [2.24, 2.45) is 0 Å². The lowest BCUT2D eigenvalue weighted by Crippen LogP contribution is -2.21. The van der Waals surface area contributed by atoms with Crippen molar-refractivity contribution in [3.8, 4) is 5.69 Å². The van der Waals surface area contributed by atoms with Gasteiger partial charge in [-0.3, -0.25) is 0 Å². The summed E-state index contributed by atoms with van der Waals surface area (Å²) in [7, 11) is 0. The average Bonchev–Trinajstić information content (AvgIpc) is 3.05. The van der Waals surface area contributed by atoms with Crippen LogP contribution < -0.4 is 0 Å². The fourth-order valence-electron chi connectivity index (χ4n) is 3.80. The summed E-state index contributed by atoms with van der Waals surface area (Å²) in [6.45, 7) is 0. The molecule has 1 aliphatic heterocycles. The van der Waals surface area contributed by atoms with Crippen LogP contribution in [-0.4, -0.2) is 22.4 Å². The van der Waals surface area contributed by atoms with Crippen LogP contribution in [0.25, 0.3) is 16.6 Å². The van der Waals surface area contributed by atoms with Crippen molar-refractivity contribution in [3.63, 3.8) is 0 Å². The van der Waals surface area contributed by atoms with E-state index in [1.165, 1.54) is 10.5 Å². The number of thioether (sulfide) groups is 1. The molecule has 4 heteroatoms. The first-order chi connectivity index (χ1) is 13.8. The fourth-order valence-corrected chi connectivity index (χ4v) is 4.71. The van der Waals surface area contributed by atoms with E-state index in [9.17, 15) is 4.79 Å². The van der Waals surface area contributed by atoms with Crippen molar-refractivity contribution in [1.29, 1.82) is 0 Å². The highest BCUT2D eigenvalue weighted by Gasteiger charge is 2.27. The molecule has 2 heterocycles. The van der Waals surface area contributed by atoms with Crippen molar-refractivity contribution in [2.75, 3.05) is 5.75 Å². The first-order valence-corrected chi connectivity index (χ1v) is 10.4. The van der Waals surface area contributed by atoms with E-state index in [2.05, 4.69) is 41.1 Å². The molecule has 28 heavy (non-hydrogen) atoms. The molecule has 0 saturated heterocycles. The number of hydrogen-bond acceptors (Lipinski definition) is 3. The van der Waals surface area contributed by atoms with Crippen LogP contribution in [0.1, 0.15) is 15.9 Å². The number of ether oxygens (including phenoxy) is 1. The summed E-state index contributed by atoms with van der Waals surface area (Å²) in [6.07, 6.45) is 2.73. The second-order valence-electron chi connectivity index (χ2n) is 6.92. The third-order valence-electron chi connectivity index (χ3n) is 5.06. The van der Waals surface area contributed by atoms with Crippen molar-refractivity contribution in [2.45, 2.75) is 17.4 Å². The van der Waals surface area contributed by atoms with Gasteiger partial charge in [-0.2, -0.15) is 0 Å². The Balaban J connectivity index is 1.52. The molecule has 0 radical (unpaired) electrons. The summed E-state index contributed by atoms with van der Waals surface area (Å²) in [4.78, 5) is 14.0. The molecule has 1 aliphatic rings. The monoisotopic (exact) mass is 385 g/mol. The molecule has 0 saturated carbocycles. The van der Waals surface area contributed by atoms with Gasteiger partial charge in [0.25, 0.3) is 0 Å². The minimum atomic E-state index is -0.228. The number of nitrogens with zero attached hydrogens (tertiary/aromatic N) is 1. The molecular formula is C24H19NO2S. The van der Waals surface area contributed by atoms with Crippen LogP contribution in [0, 0.1) is 0 Å². The molecule has 0 amide bonds. The van der Waals surface area contributed by atoms with Crippen LogP contribution in [0.2, 0.25) is 0 Å². The van der Waals surface area contributed by atoms with Gasteiger partial charge in [0, 0.05) is 34.3 Å². The molecule has 0 bridgehead atoms. The highest BCUT2D eigenvalue weighted by Crippen LogP contribution is 2.33. The standard InChI is InChI=1S/C24H19NO2S/c26-24-21-12-7-13-22-23(21)17(15-25(22)18-8-3-1-4-9-18)14-19(27-24)16-28-20-10-5-2-6-11-20/h1-13,15,19H,14,16H2. The van der Waals surface area contributed by atoms with E-state index in [1.54, 1.807) is 11.8 Å². The first-order valence-electron chi connectivity index (χ1n) is 9.37. The van der Waals surface area contributed by atoms with Gasteiger partial charge < -0.3 is 9.30 Å². The molecule has 4 aromatic rings. The number of aromatic nitrogens is 1. The summed E-state index contributed by atoms with van der Waals surface area (Å²) in [6, 6.07) is 26.4. The quantitative estimate of drug-likeness (QED) is 0.343. The summed E-state index contributed by atoms with van der Waals surface area (Å²) < 4.78 is 8.02. The molecular weight excluding hydrogens is 366 g/mol. The molecule has 0 N–H and O–H groups in total. The Hall–Kier alpha value is -2.98. The Morgan fingerprint density at radius 3 is 2.46 bits per heavy atom. The number of rotatable bonds is 4. The molecule has 5 rings (SSSR count). The first kappa shape index (κ1) is 17.1. The molecule has 0 aliphatic carbocycles. The Kier molecular flexibility index (Phi) is 4.41. The van der Waals surface area contributed by atoms with Crippen LogP contribution in [-0.2, 0) is 11.2 Å². The summed E-state index contributed by atoms with van der Waals surface area (Å²) in [5.41, 5.74) is 3.97. The number of para-hydroxylation sites is 1. The van der Waals surface area contributed by atoms with Crippen molar-refractivity contribution in [1.82, 2.24) is 4.57 Å². The third kappa shape index (κ3) is 3.10. The van der Waals surface area contributed by atoms with E-state index < -0.39 is 0 Å². The highest BCUT2D eigenvalue weighted by molar-refractivity contribution is 7.99. The number of esters is 1. The molecule has 0 fully saturated rings. The Bertz CT molecular complexity index is 1140. The number of benzene rings is 3. The maximum Gasteiger partial charge on any atom is 0.339 e. The summed E-state index contributed by atoms with van der Waals surface area (Å²) in [5, 5.41) is 1.02. The molecule has 3 nitrogen and oxygen atoms in total. The van der Waals surface area contributed by atoms with Crippen LogP contribution >= 0.6 is 11.8 Å². The predicted octanol–water partition coefficient (Wildman–Crippen LogP) is 5.50. The van der Waals surface area contributed by atoms with Gasteiger partial charge in [0.15, 0.2) is 0 Å². The number of carbonyl (C=O) groups excluding carboxylic acids is 1. The normalized spacial score (nSPS) is 16.0. The Morgan fingerprint density at radius 2 is 1.68 bits per heavy atom. The van der Waals surface area contributed by atoms with Crippen LogP contribution in [0.5, 0.6) is 0 Å². The van der Waals surface area contributed by atoms with Gasteiger partial charge in [-0.15, -0.1) is 11.8 Å². The smallest absolute Gasteiger partial charge is 0.339 e. The average molecular weight is 385 g/mol. The fraction of sp³-hybridized carbons (Fsp3) is 0.125. The van der Waals surface area contributed by atoms with E-state index in [0.29, 0.717) is 5.56 Å². The largest absolute Gasteiger partial charge is 0.458 e. The molecule has 0 spiro atoms. The van der Waals surface area contributed by atoms with Gasteiger partial charge in [0.1, 0.15) is 6.10 Å². The molecule has 1 unspecified atom stereocenters. The van der Waals surface area contributed by atoms with Gasteiger partial charge >= 0.3 is 5.97 Å². The van der Waals surface area contributed by atoms with E-state index >= 15 is 0 Å². The maximum absolute atomic E-state index is 12.8. The van der Waals surface area contributed by atoms with E-state index in [-0.39, 0.29) is 12.1 Å². The predicted molar refractivity (Wildman–Crippen MR) is 113 cm³/mol. The van der Waals surface area contributed by atoms with Crippen molar-refractivity contribution in [3.05, 3.63) is 96.2 Å². The van der Waals surface area contributed by atoms with Gasteiger partial charge in [-0.05, 0) is 42.0 Å². The molecule has 1 atom stereocenters. The number of carbonyl (C=O) groups is 1. The molecule has 3 aromatic carbocycles. The van der Waals surface area contributed by atoms with Crippen LogP contribution in [0.3, 0.4) is 0 Å². The lowest BCUT2D eigenvalue weighted by atomic mass is 10.0. The van der Waals surface area contributed by atoms with Gasteiger partial charge in [0.05, 0.1) is 11.1 Å². The van der Waals surface area contributed by atoms with Crippen LogP contribution in [0.15, 0.2) is 90.0 Å². The lowest BCUT2D eigenvalue weighted by molar-refractivity contribution is 0.0363. The van der Waals surface area contributed by atoms with Gasteiger partial charge in [-0.1, -0.05) is 42.5 Å². The van der Waals surface area contributed by atoms with Gasteiger partial charge in [0.2, 0.25) is 0 Å².